The number of hydrogen-bond donors (Lipinski definition) is 1. The minimum atomic E-state index is -0.458. The zero-order valence-corrected chi connectivity index (χ0v) is 13.2. The highest BCUT2D eigenvalue weighted by atomic mass is 16.1. The van der Waals surface area contributed by atoms with Gasteiger partial charge in [0.1, 0.15) is 6.04 Å². The molecule has 1 amide bonds. The fourth-order valence-electron chi connectivity index (χ4n) is 2.24. The fraction of sp³-hybridized carbons (Fsp3) is 0.556. The molecule has 0 heterocycles. The summed E-state index contributed by atoms with van der Waals surface area (Å²) < 4.78 is 0. The van der Waals surface area contributed by atoms with Crippen LogP contribution in [-0.2, 0) is 6.42 Å². The molecule has 0 aliphatic rings. The zero-order chi connectivity index (χ0) is 15.5. The van der Waals surface area contributed by atoms with Gasteiger partial charge in [-0.2, -0.15) is 5.26 Å². The van der Waals surface area contributed by atoms with Gasteiger partial charge in [-0.3, -0.25) is 4.79 Å². The van der Waals surface area contributed by atoms with Gasteiger partial charge in [0.15, 0.2) is 0 Å². The Morgan fingerprint density at radius 2 is 1.76 bits per heavy atom. The van der Waals surface area contributed by atoms with Gasteiger partial charge in [0.2, 0.25) is 0 Å². The number of nitriles is 1. The van der Waals surface area contributed by atoms with Crippen LogP contribution in [0.4, 0.5) is 0 Å². The first-order valence-electron chi connectivity index (χ1n) is 7.96. The molecule has 114 valence electrons. The van der Waals surface area contributed by atoms with Crippen LogP contribution >= 0.6 is 0 Å². The average molecular weight is 286 g/mol. The molecule has 0 aliphatic carbocycles. The number of nitrogens with zero attached hydrogens (tertiary/aromatic N) is 1. The third-order valence-electron chi connectivity index (χ3n) is 3.58. The Labute approximate surface area is 128 Å². The summed E-state index contributed by atoms with van der Waals surface area (Å²) in [6, 6.07) is 9.24. The number of benzene rings is 1. The summed E-state index contributed by atoms with van der Waals surface area (Å²) in [7, 11) is 0. The van der Waals surface area contributed by atoms with Crippen LogP contribution in [-0.4, -0.2) is 11.9 Å². The van der Waals surface area contributed by atoms with Crippen LogP contribution in [0.3, 0.4) is 0 Å². The van der Waals surface area contributed by atoms with Crippen molar-refractivity contribution in [3.05, 3.63) is 35.4 Å². The van der Waals surface area contributed by atoms with E-state index in [1.165, 1.54) is 44.1 Å². The predicted molar refractivity (Wildman–Crippen MR) is 86.1 cm³/mol. The minimum Gasteiger partial charge on any atom is -0.337 e. The van der Waals surface area contributed by atoms with Gasteiger partial charge in [-0.15, -0.1) is 0 Å². The van der Waals surface area contributed by atoms with E-state index in [0.29, 0.717) is 5.56 Å². The van der Waals surface area contributed by atoms with Crippen LogP contribution in [0.5, 0.6) is 0 Å². The molecular formula is C18H26N2O. The number of carbonyl (C=O) groups excluding carboxylic acids is 1. The summed E-state index contributed by atoms with van der Waals surface area (Å²) in [5.74, 6) is -0.185. The molecule has 0 saturated carbocycles. The summed E-state index contributed by atoms with van der Waals surface area (Å²) in [5.41, 5.74) is 1.89. The van der Waals surface area contributed by atoms with E-state index in [1.54, 1.807) is 6.92 Å². The highest BCUT2D eigenvalue weighted by molar-refractivity contribution is 5.94. The lowest BCUT2D eigenvalue weighted by molar-refractivity contribution is 0.0948. The lowest BCUT2D eigenvalue weighted by Gasteiger charge is -2.07. The molecule has 1 aromatic rings. The van der Waals surface area contributed by atoms with Gasteiger partial charge in [0, 0.05) is 5.56 Å². The van der Waals surface area contributed by atoms with E-state index in [-0.39, 0.29) is 5.91 Å². The maximum atomic E-state index is 11.8. The minimum absolute atomic E-state index is 0.185. The topological polar surface area (TPSA) is 52.9 Å². The molecule has 0 saturated heterocycles. The molecule has 1 unspecified atom stereocenters. The van der Waals surface area contributed by atoms with E-state index in [2.05, 4.69) is 12.2 Å². The van der Waals surface area contributed by atoms with Crippen molar-refractivity contribution >= 4 is 5.91 Å². The Kier molecular flexibility index (Phi) is 8.19. The average Bonchev–Trinajstić information content (AvgIpc) is 2.51. The van der Waals surface area contributed by atoms with Crippen LogP contribution in [0.2, 0.25) is 0 Å². The van der Waals surface area contributed by atoms with Crippen molar-refractivity contribution in [2.24, 2.45) is 0 Å². The first-order valence-corrected chi connectivity index (χ1v) is 7.96. The second-order valence-corrected chi connectivity index (χ2v) is 5.54. The number of amides is 1. The van der Waals surface area contributed by atoms with E-state index >= 15 is 0 Å². The van der Waals surface area contributed by atoms with Crippen molar-refractivity contribution in [2.45, 2.75) is 64.8 Å². The zero-order valence-electron chi connectivity index (χ0n) is 13.2. The quantitative estimate of drug-likeness (QED) is 0.691. The first kappa shape index (κ1) is 17.2. The molecule has 0 aromatic heterocycles. The van der Waals surface area contributed by atoms with E-state index in [4.69, 9.17) is 5.26 Å². The van der Waals surface area contributed by atoms with Crippen molar-refractivity contribution in [3.63, 3.8) is 0 Å². The number of rotatable bonds is 9. The highest BCUT2D eigenvalue weighted by Gasteiger charge is 2.08. The van der Waals surface area contributed by atoms with Gasteiger partial charge < -0.3 is 5.32 Å². The van der Waals surface area contributed by atoms with Crippen molar-refractivity contribution in [1.29, 1.82) is 5.26 Å². The summed E-state index contributed by atoms with van der Waals surface area (Å²) in [6.07, 6.45) is 8.84. The van der Waals surface area contributed by atoms with Crippen LogP contribution in [0.1, 0.15) is 68.3 Å². The van der Waals surface area contributed by atoms with Crippen molar-refractivity contribution < 1.29 is 4.79 Å². The molecule has 3 heteroatoms. The third-order valence-corrected chi connectivity index (χ3v) is 3.58. The van der Waals surface area contributed by atoms with E-state index in [1.807, 2.05) is 30.3 Å². The Hall–Kier alpha value is -1.82. The Morgan fingerprint density at radius 1 is 1.14 bits per heavy atom. The van der Waals surface area contributed by atoms with E-state index < -0.39 is 6.04 Å². The number of aryl methyl sites for hydroxylation is 1. The van der Waals surface area contributed by atoms with Crippen molar-refractivity contribution in [2.75, 3.05) is 0 Å². The standard InChI is InChI=1S/C18H26N2O/c1-3-4-5-6-7-8-9-16-10-12-17(13-11-16)18(21)20-15(2)14-19/h10-13,15H,3-9H2,1-2H3,(H,20,21). The largest absolute Gasteiger partial charge is 0.337 e. The molecule has 21 heavy (non-hydrogen) atoms. The normalized spacial score (nSPS) is 11.7. The number of hydrogen-bond acceptors (Lipinski definition) is 2. The molecule has 0 spiro atoms. The number of unbranched alkanes of at least 4 members (excludes halogenated alkanes) is 5. The molecule has 1 atom stereocenters. The lowest BCUT2D eigenvalue weighted by Crippen LogP contribution is -2.31. The summed E-state index contributed by atoms with van der Waals surface area (Å²) >= 11 is 0. The molecule has 0 fully saturated rings. The van der Waals surface area contributed by atoms with Gasteiger partial charge in [0.05, 0.1) is 6.07 Å². The molecule has 1 aromatic carbocycles. The van der Waals surface area contributed by atoms with E-state index in [0.717, 1.165) is 6.42 Å². The smallest absolute Gasteiger partial charge is 0.252 e. The van der Waals surface area contributed by atoms with Gasteiger partial charge >= 0.3 is 0 Å². The molecule has 0 radical (unpaired) electrons. The molecule has 0 bridgehead atoms. The van der Waals surface area contributed by atoms with Gasteiger partial charge in [-0.1, -0.05) is 51.2 Å². The highest BCUT2D eigenvalue weighted by Crippen LogP contribution is 2.11. The Morgan fingerprint density at radius 3 is 2.38 bits per heavy atom. The van der Waals surface area contributed by atoms with Crippen LogP contribution in [0.25, 0.3) is 0 Å². The maximum Gasteiger partial charge on any atom is 0.252 e. The van der Waals surface area contributed by atoms with Gasteiger partial charge in [0.25, 0.3) is 5.91 Å². The summed E-state index contributed by atoms with van der Waals surface area (Å²) in [4.78, 5) is 11.8. The maximum absolute atomic E-state index is 11.8. The third kappa shape index (κ3) is 6.94. The SMILES string of the molecule is CCCCCCCCc1ccc(C(=O)NC(C)C#N)cc1. The summed E-state index contributed by atoms with van der Waals surface area (Å²) in [5, 5.41) is 11.3. The monoisotopic (exact) mass is 286 g/mol. The van der Waals surface area contributed by atoms with Crippen LogP contribution < -0.4 is 5.32 Å². The molecular weight excluding hydrogens is 260 g/mol. The van der Waals surface area contributed by atoms with E-state index in [9.17, 15) is 4.79 Å². The van der Waals surface area contributed by atoms with Crippen LogP contribution in [0.15, 0.2) is 24.3 Å². The van der Waals surface area contributed by atoms with Crippen molar-refractivity contribution in [1.82, 2.24) is 5.32 Å². The fourth-order valence-corrected chi connectivity index (χ4v) is 2.24. The molecule has 1 N–H and O–H groups in total. The second kappa shape index (κ2) is 9.99. The van der Waals surface area contributed by atoms with Gasteiger partial charge in [-0.25, -0.2) is 0 Å². The lowest BCUT2D eigenvalue weighted by atomic mass is 10.0. The first-order chi connectivity index (χ1) is 10.2. The van der Waals surface area contributed by atoms with Crippen LogP contribution in [0, 0.1) is 11.3 Å². The Bertz CT molecular complexity index is 459. The Balaban J connectivity index is 2.33. The number of carbonyl (C=O) groups is 1. The molecule has 3 nitrogen and oxygen atoms in total. The van der Waals surface area contributed by atoms with Gasteiger partial charge in [-0.05, 0) is 37.5 Å². The van der Waals surface area contributed by atoms with Crippen molar-refractivity contribution in [3.8, 4) is 6.07 Å². The second-order valence-electron chi connectivity index (χ2n) is 5.54. The molecule has 0 aliphatic heterocycles. The molecule has 1 rings (SSSR count). The number of nitrogens with one attached hydrogen (secondary N) is 1. The summed E-state index contributed by atoms with van der Waals surface area (Å²) in [6.45, 7) is 3.90. The predicted octanol–water partition coefficient (Wildman–Crippen LogP) is 4.23.